The number of amides is 1. The smallest absolute Gasteiger partial charge is 0.255 e. The van der Waals surface area contributed by atoms with Gasteiger partial charge in [0.05, 0.1) is 17.4 Å². The first-order valence-corrected chi connectivity index (χ1v) is 11.0. The van der Waals surface area contributed by atoms with Gasteiger partial charge in [-0.3, -0.25) is 4.79 Å². The molecule has 4 bridgehead atoms. The molecule has 2 N–H and O–H groups in total. The topological polar surface area (TPSA) is 57.8 Å². The molecule has 4 saturated carbocycles. The Bertz CT molecular complexity index is 1060. The molecule has 4 nitrogen and oxygen atoms in total. The van der Waals surface area contributed by atoms with Crippen molar-refractivity contribution in [3.8, 4) is 0 Å². The molecule has 7 rings (SSSR count). The molecule has 2 atom stereocenters. The second-order valence-electron chi connectivity index (χ2n) is 9.70. The van der Waals surface area contributed by atoms with Gasteiger partial charge in [0.1, 0.15) is 0 Å². The fourth-order valence-corrected chi connectivity index (χ4v) is 6.71. The molecule has 0 saturated heterocycles. The van der Waals surface area contributed by atoms with Crippen molar-refractivity contribution in [1.29, 1.82) is 0 Å². The van der Waals surface area contributed by atoms with Crippen LogP contribution in [-0.4, -0.2) is 15.9 Å². The highest BCUT2D eigenvalue weighted by molar-refractivity contribution is 6.05. The SMILES string of the molecule is O=C(Nc1ccc(C23CCC4CC(CC(C4)C2)C3)cc1)c1ccc2nc[nH]c2c1.[HH].[HH]. The van der Waals surface area contributed by atoms with Gasteiger partial charge in [-0.05, 0) is 104 Å². The summed E-state index contributed by atoms with van der Waals surface area (Å²) in [6.07, 6.45) is 11.5. The highest BCUT2D eigenvalue weighted by Gasteiger charge is 2.48. The molecule has 4 fully saturated rings. The number of anilines is 1. The van der Waals surface area contributed by atoms with Crippen molar-refractivity contribution >= 4 is 22.6 Å². The van der Waals surface area contributed by atoms with Gasteiger partial charge >= 0.3 is 0 Å². The minimum atomic E-state index is -0.0829. The Balaban J connectivity index is 0.00000116. The summed E-state index contributed by atoms with van der Waals surface area (Å²) in [5.41, 5.74) is 5.13. The zero-order valence-electron chi connectivity index (χ0n) is 16.7. The summed E-state index contributed by atoms with van der Waals surface area (Å²) in [5.74, 6) is 2.77. The van der Waals surface area contributed by atoms with Crippen LogP contribution in [0.25, 0.3) is 11.0 Å². The zero-order valence-corrected chi connectivity index (χ0v) is 16.7. The van der Waals surface area contributed by atoms with Crippen LogP contribution in [0.3, 0.4) is 0 Å². The molecule has 1 amide bonds. The average Bonchev–Trinajstić information content (AvgIpc) is 3.10. The number of aromatic amines is 1. The van der Waals surface area contributed by atoms with Crippen molar-refractivity contribution in [2.24, 2.45) is 17.8 Å². The van der Waals surface area contributed by atoms with E-state index in [1.165, 1.54) is 50.5 Å². The quantitative estimate of drug-likeness (QED) is 0.563. The van der Waals surface area contributed by atoms with E-state index in [2.05, 4.69) is 39.6 Å². The summed E-state index contributed by atoms with van der Waals surface area (Å²) in [6.45, 7) is 0. The van der Waals surface area contributed by atoms with Crippen LogP contribution in [0.5, 0.6) is 0 Å². The summed E-state index contributed by atoms with van der Waals surface area (Å²) >= 11 is 0. The summed E-state index contributed by atoms with van der Waals surface area (Å²) in [7, 11) is 0. The number of carbonyl (C=O) groups excluding carboxylic acids is 1. The number of aromatic nitrogens is 2. The molecule has 4 aliphatic carbocycles. The summed E-state index contributed by atoms with van der Waals surface area (Å²) in [5, 5.41) is 3.05. The molecule has 3 aromatic rings. The van der Waals surface area contributed by atoms with Crippen molar-refractivity contribution in [3.05, 3.63) is 59.9 Å². The molecule has 2 aromatic carbocycles. The van der Waals surface area contributed by atoms with Gasteiger partial charge in [-0.15, -0.1) is 0 Å². The van der Waals surface area contributed by atoms with Crippen LogP contribution >= 0.6 is 0 Å². The Morgan fingerprint density at radius 3 is 2.59 bits per heavy atom. The van der Waals surface area contributed by atoms with Gasteiger partial charge in [-0.25, -0.2) is 4.98 Å². The van der Waals surface area contributed by atoms with Crippen molar-refractivity contribution in [2.45, 2.75) is 50.4 Å². The van der Waals surface area contributed by atoms with Crippen LogP contribution in [0.2, 0.25) is 0 Å². The number of H-pyrrole nitrogens is 1. The van der Waals surface area contributed by atoms with E-state index in [9.17, 15) is 4.79 Å². The van der Waals surface area contributed by atoms with E-state index in [-0.39, 0.29) is 8.76 Å². The van der Waals surface area contributed by atoms with Gasteiger partial charge < -0.3 is 10.3 Å². The van der Waals surface area contributed by atoms with Crippen LogP contribution in [0.15, 0.2) is 48.8 Å². The fourth-order valence-electron chi connectivity index (χ4n) is 6.71. The van der Waals surface area contributed by atoms with E-state index in [0.29, 0.717) is 11.0 Å². The Hall–Kier alpha value is -2.62. The molecule has 4 heteroatoms. The molecular weight excluding hydrogens is 358 g/mol. The minimum Gasteiger partial charge on any atom is -0.345 e. The zero-order chi connectivity index (χ0) is 19.4. The van der Waals surface area contributed by atoms with Gasteiger partial charge in [0.2, 0.25) is 0 Å². The number of hydrogen-bond donors (Lipinski definition) is 2. The van der Waals surface area contributed by atoms with Crippen LogP contribution in [-0.2, 0) is 5.41 Å². The maximum atomic E-state index is 12.7. The lowest BCUT2D eigenvalue weighted by molar-refractivity contribution is 0.102. The summed E-state index contributed by atoms with van der Waals surface area (Å²) in [6, 6.07) is 14.3. The normalized spacial score (nSPS) is 30.4. The van der Waals surface area contributed by atoms with Crippen molar-refractivity contribution in [1.82, 2.24) is 9.97 Å². The first kappa shape index (κ1) is 17.3. The number of nitrogens with zero attached hydrogens (tertiary/aromatic N) is 1. The third kappa shape index (κ3) is 2.97. The maximum Gasteiger partial charge on any atom is 0.255 e. The molecule has 1 aromatic heterocycles. The van der Waals surface area contributed by atoms with E-state index in [4.69, 9.17) is 0 Å². The molecule has 0 aliphatic heterocycles. The monoisotopic (exact) mass is 389 g/mol. The van der Waals surface area contributed by atoms with Gasteiger partial charge in [0.25, 0.3) is 5.91 Å². The summed E-state index contributed by atoms with van der Waals surface area (Å²) in [4.78, 5) is 20.0. The van der Waals surface area contributed by atoms with Crippen LogP contribution in [0.4, 0.5) is 5.69 Å². The second-order valence-corrected chi connectivity index (χ2v) is 9.70. The van der Waals surface area contributed by atoms with Gasteiger partial charge in [-0.1, -0.05) is 12.1 Å². The number of nitrogens with one attached hydrogen (secondary N) is 2. The Morgan fingerprint density at radius 2 is 1.79 bits per heavy atom. The van der Waals surface area contributed by atoms with Crippen LogP contribution in [0, 0.1) is 17.8 Å². The van der Waals surface area contributed by atoms with E-state index in [1.807, 2.05) is 18.2 Å². The number of carbonyl (C=O) groups is 1. The molecule has 29 heavy (non-hydrogen) atoms. The Morgan fingerprint density at radius 1 is 1.03 bits per heavy atom. The van der Waals surface area contributed by atoms with Gasteiger partial charge in [0, 0.05) is 14.1 Å². The van der Waals surface area contributed by atoms with Gasteiger partial charge in [0.15, 0.2) is 0 Å². The van der Waals surface area contributed by atoms with E-state index in [1.54, 1.807) is 6.33 Å². The largest absolute Gasteiger partial charge is 0.345 e. The third-order valence-corrected chi connectivity index (χ3v) is 7.83. The predicted molar refractivity (Wildman–Crippen MR) is 119 cm³/mol. The van der Waals surface area contributed by atoms with E-state index < -0.39 is 0 Å². The first-order chi connectivity index (χ1) is 14.2. The third-order valence-electron chi connectivity index (χ3n) is 7.83. The standard InChI is InChI=1S/C25H27N3O.2H2/c29-24(19-1-6-22-23(12-19)27-15-26-22)28-21-4-2-20(3-5-21)25-8-7-16-9-17(13-25)11-18(10-16)14-25;;/h1-6,12,15-18H,7-11,13-14H2,(H,26,27)(H,28,29);2*1H. The second kappa shape index (κ2) is 6.45. The fraction of sp³-hybridized carbons (Fsp3) is 0.440. The molecule has 0 radical (unpaired) electrons. The predicted octanol–water partition coefficient (Wildman–Crippen LogP) is 6.17. The molecule has 0 spiro atoms. The first-order valence-electron chi connectivity index (χ1n) is 11.0. The Kier molecular flexibility index (Phi) is 3.84. The highest BCUT2D eigenvalue weighted by atomic mass is 16.1. The maximum absolute atomic E-state index is 12.7. The minimum absolute atomic E-state index is 0. The van der Waals surface area contributed by atoms with E-state index >= 15 is 0 Å². The molecular formula is C25H31N3O. The van der Waals surface area contributed by atoms with Crippen molar-refractivity contribution in [2.75, 3.05) is 5.32 Å². The number of benzene rings is 2. The number of fused-ring (bicyclic) bond motifs is 2. The molecule has 4 aliphatic rings. The lowest BCUT2D eigenvalue weighted by atomic mass is 9.59. The average molecular weight is 390 g/mol. The number of imidazole rings is 1. The highest BCUT2D eigenvalue weighted by Crippen LogP contribution is 2.57. The molecule has 1 heterocycles. The van der Waals surface area contributed by atoms with Crippen molar-refractivity contribution in [3.63, 3.8) is 0 Å². The Labute approximate surface area is 174 Å². The van der Waals surface area contributed by atoms with Gasteiger partial charge in [-0.2, -0.15) is 0 Å². The molecule has 2 unspecified atom stereocenters. The molecule has 152 valence electrons. The van der Waals surface area contributed by atoms with Crippen LogP contribution in [0.1, 0.15) is 63.7 Å². The van der Waals surface area contributed by atoms with Crippen molar-refractivity contribution < 1.29 is 7.65 Å². The van der Waals surface area contributed by atoms with E-state index in [0.717, 1.165) is 34.5 Å². The number of rotatable bonds is 3. The lowest BCUT2D eigenvalue weighted by Crippen LogP contribution is -2.37. The number of hydrogen-bond acceptors (Lipinski definition) is 2. The lowest BCUT2D eigenvalue weighted by Gasteiger charge is -2.45. The summed E-state index contributed by atoms with van der Waals surface area (Å²) < 4.78 is 0. The van der Waals surface area contributed by atoms with Crippen LogP contribution < -0.4 is 5.32 Å².